The predicted octanol–water partition coefficient (Wildman–Crippen LogP) is 1.32. The molecule has 0 bridgehead atoms. The van der Waals surface area contributed by atoms with Gasteiger partial charge in [0.15, 0.2) is 9.84 Å². The molecular weight excluding hydrogens is 286 g/mol. The molecule has 0 radical (unpaired) electrons. The second kappa shape index (κ2) is 4.94. The molecule has 2 aromatic carbocycles. The summed E-state index contributed by atoms with van der Waals surface area (Å²) in [4.78, 5) is 0.247. The van der Waals surface area contributed by atoms with Crippen LogP contribution in [0.1, 0.15) is 11.5 Å². The van der Waals surface area contributed by atoms with Crippen molar-refractivity contribution < 1.29 is 13.5 Å². The zero-order valence-corrected chi connectivity index (χ0v) is 12.2. The van der Waals surface area contributed by atoms with Crippen molar-refractivity contribution in [3.8, 4) is 0 Å². The first-order valence-corrected chi connectivity index (χ1v) is 8.30. The SMILES string of the molecule is N[C@]1(CO)[C@@H](c2ccccc2)[C@@H]1S(=O)(=O)c1ccccc1. The van der Waals surface area contributed by atoms with Crippen molar-refractivity contribution in [2.75, 3.05) is 6.61 Å². The molecular formula is C16H17NO3S. The summed E-state index contributed by atoms with van der Waals surface area (Å²) in [7, 11) is -3.57. The van der Waals surface area contributed by atoms with E-state index in [1.807, 2.05) is 30.3 Å². The minimum atomic E-state index is -3.57. The Morgan fingerprint density at radius 1 is 1.00 bits per heavy atom. The maximum atomic E-state index is 12.8. The van der Waals surface area contributed by atoms with Crippen molar-refractivity contribution in [1.29, 1.82) is 0 Å². The lowest BCUT2D eigenvalue weighted by Crippen LogP contribution is -2.35. The van der Waals surface area contributed by atoms with Gasteiger partial charge in [0.05, 0.1) is 22.3 Å². The summed E-state index contributed by atoms with van der Waals surface area (Å²) >= 11 is 0. The molecule has 1 fully saturated rings. The molecule has 1 saturated carbocycles. The van der Waals surface area contributed by atoms with Crippen molar-refractivity contribution in [2.45, 2.75) is 21.6 Å². The largest absolute Gasteiger partial charge is 0.394 e. The average Bonchev–Trinajstić information content (AvgIpc) is 3.17. The van der Waals surface area contributed by atoms with Crippen LogP contribution in [0.2, 0.25) is 0 Å². The van der Waals surface area contributed by atoms with Crippen molar-refractivity contribution in [1.82, 2.24) is 0 Å². The first kappa shape index (κ1) is 14.3. The van der Waals surface area contributed by atoms with Crippen LogP contribution in [0.15, 0.2) is 65.6 Å². The Hall–Kier alpha value is -1.69. The Balaban J connectivity index is 2.03. The van der Waals surface area contributed by atoms with Gasteiger partial charge in [-0.25, -0.2) is 8.42 Å². The maximum absolute atomic E-state index is 12.8. The Morgan fingerprint density at radius 3 is 2.05 bits per heavy atom. The van der Waals surface area contributed by atoms with Gasteiger partial charge in [-0.05, 0) is 17.7 Å². The number of aliphatic hydroxyl groups excluding tert-OH is 1. The van der Waals surface area contributed by atoms with Crippen molar-refractivity contribution in [3.05, 3.63) is 66.2 Å². The molecule has 110 valence electrons. The monoisotopic (exact) mass is 303 g/mol. The van der Waals surface area contributed by atoms with Crippen LogP contribution in [0, 0.1) is 0 Å². The molecule has 5 heteroatoms. The van der Waals surface area contributed by atoms with Gasteiger partial charge in [-0.1, -0.05) is 48.5 Å². The van der Waals surface area contributed by atoms with E-state index in [0.717, 1.165) is 5.56 Å². The third-order valence-corrected chi connectivity index (χ3v) is 6.45. The molecule has 1 aliphatic rings. The third-order valence-electron chi connectivity index (χ3n) is 4.14. The number of nitrogens with two attached hydrogens (primary N) is 1. The molecule has 0 aromatic heterocycles. The summed E-state index contributed by atoms with van der Waals surface area (Å²) in [5, 5.41) is 8.80. The second-order valence-electron chi connectivity index (χ2n) is 5.44. The fourth-order valence-electron chi connectivity index (χ4n) is 2.98. The molecule has 3 rings (SSSR count). The molecule has 0 aliphatic heterocycles. The van der Waals surface area contributed by atoms with Crippen LogP contribution in [-0.2, 0) is 9.84 Å². The number of aliphatic hydroxyl groups is 1. The van der Waals surface area contributed by atoms with Crippen LogP contribution >= 0.6 is 0 Å². The van der Waals surface area contributed by atoms with Crippen LogP contribution in [0.4, 0.5) is 0 Å². The standard InChI is InChI=1S/C16H17NO3S/c17-16(11-18)14(12-7-3-1-4-8-12)15(16)21(19,20)13-9-5-2-6-10-13/h1-10,14-15,18H,11,17H2/t14-,15-,16+/m0/s1. The summed E-state index contributed by atoms with van der Waals surface area (Å²) in [6, 6.07) is 17.5. The molecule has 4 nitrogen and oxygen atoms in total. The average molecular weight is 303 g/mol. The molecule has 1 aliphatic carbocycles. The number of hydrogen-bond donors (Lipinski definition) is 2. The van der Waals surface area contributed by atoms with Gasteiger partial charge in [-0.15, -0.1) is 0 Å². The van der Waals surface area contributed by atoms with E-state index >= 15 is 0 Å². The summed E-state index contributed by atoms with van der Waals surface area (Å²) < 4.78 is 25.5. The first-order valence-electron chi connectivity index (χ1n) is 6.75. The number of sulfone groups is 1. The van der Waals surface area contributed by atoms with E-state index in [4.69, 9.17) is 5.73 Å². The van der Waals surface area contributed by atoms with Gasteiger partial charge < -0.3 is 10.8 Å². The normalized spacial score (nSPS) is 28.3. The molecule has 0 spiro atoms. The van der Waals surface area contributed by atoms with Gasteiger partial charge in [-0.3, -0.25) is 0 Å². The zero-order chi connectivity index (χ0) is 15.1. The van der Waals surface area contributed by atoms with Crippen LogP contribution in [0.5, 0.6) is 0 Å². The van der Waals surface area contributed by atoms with E-state index in [-0.39, 0.29) is 17.4 Å². The first-order chi connectivity index (χ1) is 10.0. The highest BCUT2D eigenvalue weighted by Crippen LogP contribution is 2.55. The van der Waals surface area contributed by atoms with Crippen molar-refractivity contribution in [2.24, 2.45) is 5.73 Å². The fourth-order valence-corrected chi connectivity index (χ4v) is 5.30. The highest BCUT2D eigenvalue weighted by atomic mass is 32.2. The topological polar surface area (TPSA) is 80.4 Å². The molecule has 0 heterocycles. The van der Waals surface area contributed by atoms with Gasteiger partial charge in [0.2, 0.25) is 0 Å². The Bertz CT molecular complexity index is 731. The van der Waals surface area contributed by atoms with E-state index in [1.54, 1.807) is 30.3 Å². The Labute approximate surface area is 124 Å². The Morgan fingerprint density at radius 2 is 1.52 bits per heavy atom. The highest BCUT2D eigenvalue weighted by Gasteiger charge is 2.68. The van der Waals surface area contributed by atoms with E-state index in [2.05, 4.69) is 0 Å². The zero-order valence-electron chi connectivity index (χ0n) is 11.4. The highest BCUT2D eigenvalue weighted by molar-refractivity contribution is 7.92. The van der Waals surface area contributed by atoms with E-state index in [0.29, 0.717) is 0 Å². The molecule has 3 atom stereocenters. The summed E-state index contributed by atoms with van der Waals surface area (Å²) in [5.74, 6) is -0.381. The lowest BCUT2D eigenvalue weighted by molar-refractivity contribution is 0.253. The lowest BCUT2D eigenvalue weighted by atomic mass is 10.1. The van der Waals surface area contributed by atoms with Gasteiger partial charge >= 0.3 is 0 Å². The van der Waals surface area contributed by atoms with Gasteiger partial charge in [-0.2, -0.15) is 0 Å². The van der Waals surface area contributed by atoms with Gasteiger partial charge in [0.1, 0.15) is 0 Å². The van der Waals surface area contributed by atoms with Crippen LogP contribution in [0.25, 0.3) is 0 Å². The summed E-state index contributed by atoms with van der Waals surface area (Å²) in [5.41, 5.74) is 5.89. The quantitative estimate of drug-likeness (QED) is 0.892. The van der Waals surface area contributed by atoms with Crippen molar-refractivity contribution in [3.63, 3.8) is 0 Å². The smallest absolute Gasteiger partial charge is 0.183 e. The van der Waals surface area contributed by atoms with E-state index in [9.17, 15) is 13.5 Å². The number of benzene rings is 2. The Kier molecular flexibility index (Phi) is 3.36. The second-order valence-corrected chi connectivity index (χ2v) is 7.51. The predicted molar refractivity (Wildman–Crippen MR) is 80.6 cm³/mol. The van der Waals surface area contributed by atoms with Crippen LogP contribution in [-0.4, -0.2) is 30.9 Å². The minimum absolute atomic E-state index is 0.247. The molecule has 2 aromatic rings. The van der Waals surface area contributed by atoms with Crippen molar-refractivity contribution >= 4 is 9.84 Å². The summed E-state index contributed by atoms with van der Waals surface area (Å²) in [6.45, 7) is -0.358. The van der Waals surface area contributed by atoms with Crippen LogP contribution < -0.4 is 5.73 Å². The number of rotatable bonds is 4. The summed E-state index contributed by atoms with van der Waals surface area (Å²) in [6.07, 6.45) is 0. The molecule has 0 saturated heterocycles. The maximum Gasteiger partial charge on any atom is 0.183 e. The fraction of sp³-hybridized carbons (Fsp3) is 0.250. The molecule has 3 N–H and O–H groups in total. The molecule has 0 amide bonds. The number of hydrogen-bond acceptors (Lipinski definition) is 4. The molecule has 0 unspecified atom stereocenters. The molecule has 21 heavy (non-hydrogen) atoms. The third kappa shape index (κ3) is 2.18. The van der Waals surface area contributed by atoms with Gasteiger partial charge in [0, 0.05) is 5.92 Å². The van der Waals surface area contributed by atoms with E-state index < -0.39 is 20.6 Å². The lowest BCUT2D eigenvalue weighted by Gasteiger charge is -2.08. The minimum Gasteiger partial charge on any atom is -0.394 e. The van der Waals surface area contributed by atoms with Gasteiger partial charge in [0.25, 0.3) is 0 Å². The van der Waals surface area contributed by atoms with Crippen LogP contribution in [0.3, 0.4) is 0 Å². The van der Waals surface area contributed by atoms with E-state index in [1.165, 1.54) is 0 Å².